The molecular weight excluding hydrogens is 194 g/mol. The van der Waals surface area contributed by atoms with Gasteiger partial charge in [-0.2, -0.15) is 0 Å². The first-order valence-corrected chi connectivity index (χ1v) is 5.26. The molecule has 1 aliphatic heterocycles. The standard InChI is InChI=1S/C11H17NO3/c1-7(2)12-5-4-10(14)9(11(12)15)6-8(3)13/h7,9H,4-6H2,1-3H3. The molecule has 0 bridgehead atoms. The van der Waals surface area contributed by atoms with Crippen molar-refractivity contribution in [2.75, 3.05) is 6.54 Å². The zero-order valence-corrected chi connectivity index (χ0v) is 9.45. The maximum Gasteiger partial charge on any atom is 0.233 e. The van der Waals surface area contributed by atoms with Crippen molar-refractivity contribution < 1.29 is 14.4 Å². The van der Waals surface area contributed by atoms with E-state index in [1.807, 2.05) is 13.8 Å². The highest BCUT2D eigenvalue weighted by Gasteiger charge is 2.36. The molecule has 1 fully saturated rings. The third kappa shape index (κ3) is 2.64. The van der Waals surface area contributed by atoms with E-state index in [4.69, 9.17) is 0 Å². The average Bonchev–Trinajstić information content (AvgIpc) is 2.11. The van der Waals surface area contributed by atoms with E-state index < -0.39 is 5.92 Å². The first kappa shape index (κ1) is 11.9. The fourth-order valence-corrected chi connectivity index (χ4v) is 1.85. The van der Waals surface area contributed by atoms with Gasteiger partial charge in [0.15, 0.2) is 0 Å². The third-order valence-electron chi connectivity index (χ3n) is 2.68. The Balaban J connectivity index is 2.78. The highest BCUT2D eigenvalue weighted by molar-refractivity contribution is 6.06. The molecule has 4 heteroatoms. The van der Waals surface area contributed by atoms with E-state index >= 15 is 0 Å². The summed E-state index contributed by atoms with van der Waals surface area (Å²) in [5.74, 6) is -1.10. The molecule has 0 aliphatic carbocycles. The molecule has 1 amide bonds. The fourth-order valence-electron chi connectivity index (χ4n) is 1.85. The van der Waals surface area contributed by atoms with E-state index in [1.54, 1.807) is 4.90 Å². The summed E-state index contributed by atoms with van der Waals surface area (Å²) in [4.78, 5) is 36.0. The van der Waals surface area contributed by atoms with Gasteiger partial charge < -0.3 is 4.90 Å². The quantitative estimate of drug-likeness (QED) is 0.648. The minimum atomic E-state index is -0.723. The zero-order chi connectivity index (χ0) is 11.6. The van der Waals surface area contributed by atoms with Crippen LogP contribution < -0.4 is 0 Å². The summed E-state index contributed by atoms with van der Waals surface area (Å²) in [6, 6.07) is 0.0973. The summed E-state index contributed by atoms with van der Waals surface area (Å²) < 4.78 is 0. The van der Waals surface area contributed by atoms with Gasteiger partial charge in [0.05, 0.1) is 0 Å². The lowest BCUT2D eigenvalue weighted by Crippen LogP contribution is -2.49. The Labute approximate surface area is 89.6 Å². The van der Waals surface area contributed by atoms with E-state index in [0.29, 0.717) is 13.0 Å². The number of piperidine rings is 1. The van der Waals surface area contributed by atoms with Crippen LogP contribution in [-0.4, -0.2) is 35.0 Å². The van der Waals surface area contributed by atoms with Gasteiger partial charge in [0.2, 0.25) is 5.91 Å². The summed E-state index contributed by atoms with van der Waals surface area (Å²) in [6.45, 7) is 5.73. The van der Waals surface area contributed by atoms with Gasteiger partial charge in [-0.3, -0.25) is 14.4 Å². The van der Waals surface area contributed by atoms with Crippen molar-refractivity contribution in [2.24, 2.45) is 5.92 Å². The summed E-state index contributed by atoms with van der Waals surface area (Å²) in [5, 5.41) is 0. The summed E-state index contributed by atoms with van der Waals surface area (Å²) >= 11 is 0. The number of hydrogen-bond donors (Lipinski definition) is 0. The maximum absolute atomic E-state index is 11.9. The van der Waals surface area contributed by atoms with Gasteiger partial charge in [0.25, 0.3) is 0 Å². The van der Waals surface area contributed by atoms with Crippen LogP contribution in [0.2, 0.25) is 0 Å². The summed E-state index contributed by atoms with van der Waals surface area (Å²) in [5.41, 5.74) is 0. The molecular formula is C11H17NO3. The Morgan fingerprint density at radius 2 is 2.07 bits per heavy atom. The number of amides is 1. The molecule has 1 rings (SSSR count). The lowest BCUT2D eigenvalue weighted by Gasteiger charge is -2.34. The second-order valence-corrected chi connectivity index (χ2v) is 4.30. The molecule has 15 heavy (non-hydrogen) atoms. The highest BCUT2D eigenvalue weighted by atomic mass is 16.2. The highest BCUT2D eigenvalue weighted by Crippen LogP contribution is 2.20. The smallest absolute Gasteiger partial charge is 0.233 e. The molecule has 84 valence electrons. The van der Waals surface area contributed by atoms with Gasteiger partial charge in [0, 0.05) is 25.4 Å². The van der Waals surface area contributed by atoms with Crippen molar-refractivity contribution in [2.45, 2.75) is 39.7 Å². The van der Waals surface area contributed by atoms with Gasteiger partial charge in [0.1, 0.15) is 17.5 Å². The summed E-state index contributed by atoms with van der Waals surface area (Å²) in [7, 11) is 0. The van der Waals surface area contributed by atoms with Crippen LogP contribution in [0.15, 0.2) is 0 Å². The molecule has 0 N–H and O–H groups in total. The second-order valence-electron chi connectivity index (χ2n) is 4.30. The Morgan fingerprint density at radius 1 is 1.47 bits per heavy atom. The maximum atomic E-state index is 11.9. The minimum Gasteiger partial charge on any atom is -0.339 e. The third-order valence-corrected chi connectivity index (χ3v) is 2.68. The number of rotatable bonds is 3. The predicted molar refractivity (Wildman–Crippen MR) is 55.3 cm³/mol. The van der Waals surface area contributed by atoms with Gasteiger partial charge in [-0.15, -0.1) is 0 Å². The molecule has 0 radical (unpaired) electrons. The SMILES string of the molecule is CC(=O)CC1C(=O)CCN(C(C)C)C1=O. The normalized spacial score (nSPS) is 22.4. The van der Waals surface area contributed by atoms with Gasteiger partial charge in [-0.05, 0) is 20.8 Å². The van der Waals surface area contributed by atoms with Crippen LogP contribution in [0.5, 0.6) is 0 Å². The number of likely N-dealkylation sites (tertiary alicyclic amines) is 1. The van der Waals surface area contributed by atoms with E-state index in [9.17, 15) is 14.4 Å². The van der Waals surface area contributed by atoms with Crippen molar-refractivity contribution in [3.63, 3.8) is 0 Å². The molecule has 1 heterocycles. The number of ketones is 2. The fraction of sp³-hybridized carbons (Fsp3) is 0.727. The molecule has 1 unspecified atom stereocenters. The molecule has 0 saturated carbocycles. The number of carbonyl (C=O) groups excluding carboxylic acids is 3. The van der Waals surface area contributed by atoms with Crippen molar-refractivity contribution in [3.05, 3.63) is 0 Å². The molecule has 1 atom stereocenters. The van der Waals surface area contributed by atoms with Crippen LogP contribution in [0.3, 0.4) is 0 Å². The molecule has 0 aromatic carbocycles. The van der Waals surface area contributed by atoms with E-state index in [2.05, 4.69) is 0 Å². The monoisotopic (exact) mass is 211 g/mol. The van der Waals surface area contributed by atoms with E-state index in [1.165, 1.54) is 6.92 Å². The number of nitrogens with zero attached hydrogens (tertiary/aromatic N) is 1. The van der Waals surface area contributed by atoms with Crippen LogP contribution in [0.4, 0.5) is 0 Å². The van der Waals surface area contributed by atoms with Crippen molar-refractivity contribution in [3.8, 4) is 0 Å². The Kier molecular flexibility index (Phi) is 3.61. The molecule has 0 aromatic heterocycles. The van der Waals surface area contributed by atoms with Crippen molar-refractivity contribution in [1.29, 1.82) is 0 Å². The lowest BCUT2D eigenvalue weighted by molar-refractivity contribution is -0.149. The molecule has 1 saturated heterocycles. The van der Waals surface area contributed by atoms with Crippen molar-refractivity contribution >= 4 is 17.5 Å². The first-order valence-electron chi connectivity index (χ1n) is 5.26. The van der Waals surface area contributed by atoms with E-state index in [0.717, 1.165) is 0 Å². The van der Waals surface area contributed by atoms with Crippen LogP contribution in [0.25, 0.3) is 0 Å². The van der Waals surface area contributed by atoms with Crippen LogP contribution in [-0.2, 0) is 14.4 Å². The van der Waals surface area contributed by atoms with E-state index in [-0.39, 0.29) is 29.9 Å². The molecule has 0 spiro atoms. The second kappa shape index (κ2) is 4.55. The minimum absolute atomic E-state index is 0.0564. The Morgan fingerprint density at radius 3 is 2.53 bits per heavy atom. The lowest BCUT2D eigenvalue weighted by atomic mass is 9.90. The predicted octanol–water partition coefficient (Wildman–Crippen LogP) is 0.791. The topological polar surface area (TPSA) is 54.5 Å². The molecule has 1 aliphatic rings. The number of hydrogen-bond acceptors (Lipinski definition) is 3. The largest absolute Gasteiger partial charge is 0.339 e. The molecule has 4 nitrogen and oxygen atoms in total. The average molecular weight is 211 g/mol. The zero-order valence-electron chi connectivity index (χ0n) is 9.45. The van der Waals surface area contributed by atoms with Crippen LogP contribution in [0, 0.1) is 5.92 Å². The Hall–Kier alpha value is -1.19. The van der Waals surface area contributed by atoms with Gasteiger partial charge in [-0.25, -0.2) is 0 Å². The van der Waals surface area contributed by atoms with Gasteiger partial charge >= 0.3 is 0 Å². The first-order chi connectivity index (χ1) is 6.93. The molecule has 0 aromatic rings. The Bertz CT molecular complexity index is 296. The van der Waals surface area contributed by atoms with Crippen LogP contribution >= 0.6 is 0 Å². The number of Topliss-reactive ketones (excluding diaryl/α,β-unsaturated/α-hetero) is 2. The van der Waals surface area contributed by atoms with Crippen molar-refractivity contribution in [1.82, 2.24) is 4.90 Å². The number of carbonyl (C=O) groups is 3. The summed E-state index contributed by atoms with van der Waals surface area (Å²) in [6.07, 6.45) is 0.433. The van der Waals surface area contributed by atoms with Gasteiger partial charge in [-0.1, -0.05) is 0 Å². The van der Waals surface area contributed by atoms with Crippen LogP contribution in [0.1, 0.15) is 33.6 Å².